The van der Waals surface area contributed by atoms with Gasteiger partial charge in [-0.05, 0) is 50.9 Å². The van der Waals surface area contributed by atoms with Crippen molar-refractivity contribution in [1.82, 2.24) is 4.90 Å². The maximum atomic E-state index is 12.6. The van der Waals surface area contributed by atoms with Gasteiger partial charge in [0.1, 0.15) is 23.1 Å². The van der Waals surface area contributed by atoms with Crippen LogP contribution in [0, 0.1) is 40.4 Å². The van der Waals surface area contributed by atoms with Gasteiger partial charge >= 0.3 is 0 Å². The molecule has 1 saturated heterocycles. The zero-order valence-corrected chi connectivity index (χ0v) is 19.2. The van der Waals surface area contributed by atoms with Gasteiger partial charge in [0.25, 0.3) is 0 Å². The van der Waals surface area contributed by atoms with Crippen molar-refractivity contribution < 1.29 is 28.8 Å². The van der Waals surface area contributed by atoms with Crippen molar-refractivity contribution in [2.24, 2.45) is 40.4 Å². The molecule has 2 amide bonds. The molecule has 0 aromatic carbocycles. The molecule has 0 N–H and O–H groups in total. The number of carbonyl (C=O) groups excluding carboxylic acids is 6. The van der Waals surface area contributed by atoms with Crippen molar-refractivity contribution in [1.29, 1.82) is 0 Å². The van der Waals surface area contributed by atoms with E-state index in [1.165, 1.54) is 32.7 Å². The van der Waals surface area contributed by atoms with Gasteiger partial charge in [0.2, 0.25) is 11.8 Å². The number of nitrogens with zero attached hydrogens (tertiary/aromatic N) is 1. The Balaban J connectivity index is 0.000000343. The van der Waals surface area contributed by atoms with Gasteiger partial charge in [-0.2, -0.15) is 0 Å². The fourth-order valence-electron chi connectivity index (χ4n) is 6.16. The number of hydrogen-bond donors (Lipinski definition) is 0. The third-order valence-electron chi connectivity index (χ3n) is 7.95. The van der Waals surface area contributed by atoms with Crippen molar-refractivity contribution in [3.63, 3.8) is 0 Å². The molecule has 3 aliphatic rings. The monoisotopic (exact) mass is 419 g/mol. The maximum Gasteiger partial charge on any atom is 0.233 e. The molecule has 0 aromatic rings. The van der Waals surface area contributed by atoms with Crippen molar-refractivity contribution in [3.8, 4) is 0 Å². The predicted molar refractivity (Wildman–Crippen MR) is 109 cm³/mol. The summed E-state index contributed by atoms with van der Waals surface area (Å²) < 4.78 is 0. The van der Waals surface area contributed by atoms with Crippen molar-refractivity contribution in [3.05, 3.63) is 0 Å². The minimum atomic E-state index is -0.511. The predicted octanol–water partition coefficient (Wildman–Crippen LogP) is 2.25. The Morgan fingerprint density at radius 2 is 1.40 bits per heavy atom. The second-order valence-corrected chi connectivity index (χ2v) is 9.93. The molecule has 3 rings (SSSR count). The highest BCUT2D eigenvalue weighted by Crippen LogP contribution is 2.73. The maximum absolute atomic E-state index is 12.6. The van der Waals surface area contributed by atoms with E-state index in [0.717, 1.165) is 0 Å². The van der Waals surface area contributed by atoms with Crippen LogP contribution >= 0.6 is 0 Å². The van der Waals surface area contributed by atoms with Crippen molar-refractivity contribution in [2.75, 3.05) is 7.05 Å². The smallest absolute Gasteiger partial charge is 0.233 e. The van der Waals surface area contributed by atoms with Crippen LogP contribution in [0.5, 0.6) is 0 Å². The fraction of sp³-hybridized carbons (Fsp3) is 0.739. The molecule has 2 saturated carbocycles. The van der Waals surface area contributed by atoms with E-state index < -0.39 is 17.3 Å². The second kappa shape index (κ2) is 7.82. The number of fused-ring (bicyclic) bond motifs is 5. The van der Waals surface area contributed by atoms with Crippen molar-refractivity contribution >= 4 is 34.9 Å². The van der Waals surface area contributed by atoms with E-state index in [1.807, 2.05) is 20.8 Å². The minimum Gasteiger partial charge on any atom is -0.300 e. The Morgan fingerprint density at radius 1 is 0.967 bits per heavy atom. The summed E-state index contributed by atoms with van der Waals surface area (Å²) in [6, 6.07) is 0. The number of hydrogen-bond acceptors (Lipinski definition) is 6. The molecule has 6 unspecified atom stereocenters. The molecule has 2 bridgehead atoms. The van der Waals surface area contributed by atoms with Crippen LogP contribution in [0.25, 0.3) is 0 Å². The average Bonchev–Trinajstić information content (AvgIpc) is 3.09. The van der Waals surface area contributed by atoms with Gasteiger partial charge < -0.3 is 0 Å². The van der Waals surface area contributed by atoms with E-state index in [9.17, 15) is 28.8 Å². The summed E-state index contributed by atoms with van der Waals surface area (Å²) in [5.41, 5.74) is -0.850. The van der Waals surface area contributed by atoms with Gasteiger partial charge in [0, 0.05) is 13.0 Å². The fourth-order valence-corrected chi connectivity index (χ4v) is 6.16. The number of rotatable bonds is 5. The minimum absolute atomic E-state index is 0.00819. The summed E-state index contributed by atoms with van der Waals surface area (Å²) in [5, 5.41) is 0. The van der Waals surface area contributed by atoms with Crippen LogP contribution in [0.3, 0.4) is 0 Å². The third-order valence-corrected chi connectivity index (χ3v) is 7.95. The number of amides is 2. The molecule has 3 fully saturated rings. The average molecular weight is 420 g/mol. The molecule has 7 heteroatoms. The molecular weight excluding hydrogens is 386 g/mol. The Bertz CT molecular complexity index is 818. The van der Waals surface area contributed by atoms with Gasteiger partial charge in [-0.15, -0.1) is 0 Å². The zero-order valence-electron chi connectivity index (χ0n) is 19.2. The summed E-state index contributed by atoms with van der Waals surface area (Å²) in [5.74, 6) is -2.03. The molecule has 6 atom stereocenters. The van der Waals surface area contributed by atoms with Gasteiger partial charge in [-0.1, -0.05) is 20.8 Å². The highest BCUT2D eigenvalue weighted by molar-refractivity contribution is 6.08. The van der Waals surface area contributed by atoms with E-state index in [1.54, 1.807) is 6.92 Å². The Labute approximate surface area is 177 Å². The van der Waals surface area contributed by atoms with Crippen LogP contribution in [0.4, 0.5) is 0 Å². The quantitative estimate of drug-likeness (QED) is 0.500. The van der Waals surface area contributed by atoms with Crippen LogP contribution in [0.1, 0.15) is 61.3 Å². The van der Waals surface area contributed by atoms with Crippen LogP contribution in [-0.4, -0.2) is 46.9 Å². The molecule has 0 radical (unpaired) electrons. The summed E-state index contributed by atoms with van der Waals surface area (Å²) in [6.45, 7) is 11.9. The first-order valence-electron chi connectivity index (χ1n) is 10.5. The summed E-state index contributed by atoms with van der Waals surface area (Å²) in [6.07, 6.45) is 0.631. The van der Waals surface area contributed by atoms with Crippen molar-refractivity contribution in [2.45, 2.75) is 61.3 Å². The van der Waals surface area contributed by atoms with Gasteiger partial charge in [-0.25, -0.2) is 0 Å². The van der Waals surface area contributed by atoms with Gasteiger partial charge in [0.05, 0.1) is 24.2 Å². The highest BCUT2D eigenvalue weighted by Gasteiger charge is 2.76. The molecule has 0 aromatic heterocycles. The molecule has 2 aliphatic carbocycles. The van der Waals surface area contributed by atoms with Gasteiger partial charge in [0.15, 0.2) is 0 Å². The molecule has 30 heavy (non-hydrogen) atoms. The van der Waals surface area contributed by atoms with Crippen LogP contribution in [0.2, 0.25) is 0 Å². The Hall–Kier alpha value is -2.18. The lowest BCUT2D eigenvalue weighted by atomic mass is 9.57. The summed E-state index contributed by atoms with van der Waals surface area (Å²) in [7, 11) is 1.53. The normalized spacial score (nSPS) is 36.5. The summed E-state index contributed by atoms with van der Waals surface area (Å²) in [4.78, 5) is 71.0. The molecule has 1 heterocycles. The lowest BCUT2D eigenvalue weighted by Gasteiger charge is -2.43. The Kier molecular flexibility index (Phi) is 6.28. The van der Waals surface area contributed by atoms with Crippen LogP contribution in [0.15, 0.2) is 0 Å². The van der Waals surface area contributed by atoms with E-state index in [-0.39, 0.29) is 64.5 Å². The number of Topliss-reactive ketones (excluding diaryl/α,β-unsaturated/α-hetero) is 4. The van der Waals surface area contributed by atoms with Crippen LogP contribution in [-0.2, 0) is 28.8 Å². The second-order valence-electron chi connectivity index (χ2n) is 9.93. The number of likely N-dealkylation sites (tertiary alicyclic amines) is 1. The molecular formula is C23H33NO6. The van der Waals surface area contributed by atoms with Gasteiger partial charge in [-0.3, -0.25) is 33.7 Å². The summed E-state index contributed by atoms with van der Waals surface area (Å²) >= 11 is 0. The largest absolute Gasteiger partial charge is 0.300 e. The van der Waals surface area contributed by atoms with E-state index in [2.05, 4.69) is 0 Å². The van der Waals surface area contributed by atoms with Crippen LogP contribution < -0.4 is 0 Å². The molecule has 1 aliphatic heterocycles. The lowest BCUT2D eigenvalue weighted by Crippen LogP contribution is -2.48. The number of carbonyl (C=O) groups is 6. The SMILES string of the molecule is CC(=O)C(C)C(C)=O.CC(=O)CC(=O)C1C(C)C2(C)CC1(C)C1C(=O)N(C)C(=O)C12. The Morgan fingerprint density at radius 3 is 1.77 bits per heavy atom. The first kappa shape index (κ1) is 24.1. The number of ketones is 4. The standard InChI is InChI=1S/C17H23NO4.C6H10O2/c1-8(19)6-10(20)11-9(2)16(3)7-17(11,4)13-12(16)14(21)18(5)15(13)22;1-4(5(2)7)6(3)8/h9,11-13H,6-7H2,1-5H3;4H,1-3H3. The van der Waals surface area contributed by atoms with E-state index in [4.69, 9.17) is 0 Å². The molecule has 0 spiro atoms. The highest BCUT2D eigenvalue weighted by atomic mass is 16.2. The number of imide groups is 1. The molecule has 166 valence electrons. The first-order chi connectivity index (χ1) is 13.6. The topological polar surface area (TPSA) is 106 Å². The van der Waals surface area contributed by atoms with E-state index >= 15 is 0 Å². The lowest BCUT2D eigenvalue weighted by molar-refractivity contribution is -0.141. The zero-order chi connectivity index (χ0) is 23.3. The van der Waals surface area contributed by atoms with E-state index in [0.29, 0.717) is 6.42 Å². The third kappa shape index (κ3) is 3.46. The first-order valence-corrected chi connectivity index (χ1v) is 10.5. The molecule has 7 nitrogen and oxygen atoms in total.